The molecule has 0 aromatic heterocycles. The first-order chi connectivity index (χ1) is 9.33. The standard InChI is InChI=1S/C11H21N3O5S/c1-6(12)9(16)13-7(3-4-20-2)10(17)14-8(5-15)11(18)19/h6-8,15H,3-5,12H2,1-2H3,(H,13,16)(H,14,17)(H,18,19). The molecule has 0 spiro atoms. The highest BCUT2D eigenvalue weighted by Crippen LogP contribution is 2.02. The highest BCUT2D eigenvalue weighted by atomic mass is 32.2. The van der Waals surface area contributed by atoms with E-state index in [4.69, 9.17) is 15.9 Å². The Morgan fingerprint density at radius 2 is 1.75 bits per heavy atom. The predicted octanol–water partition coefficient (Wildman–Crippen LogP) is -1.87. The molecule has 0 rings (SSSR count). The molecule has 20 heavy (non-hydrogen) atoms. The van der Waals surface area contributed by atoms with Crippen molar-refractivity contribution in [1.82, 2.24) is 10.6 Å². The molecule has 0 fully saturated rings. The number of amides is 2. The van der Waals surface area contributed by atoms with E-state index in [2.05, 4.69) is 10.6 Å². The number of carbonyl (C=O) groups excluding carboxylic acids is 2. The van der Waals surface area contributed by atoms with Gasteiger partial charge in [-0.1, -0.05) is 0 Å². The quantitative estimate of drug-likeness (QED) is 0.336. The molecule has 0 saturated heterocycles. The second-order valence-electron chi connectivity index (χ2n) is 4.21. The molecule has 0 aliphatic rings. The van der Waals surface area contributed by atoms with Gasteiger partial charge >= 0.3 is 5.97 Å². The van der Waals surface area contributed by atoms with Gasteiger partial charge in [-0.15, -0.1) is 0 Å². The van der Waals surface area contributed by atoms with Gasteiger partial charge in [-0.05, 0) is 25.4 Å². The molecule has 8 nitrogen and oxygen atoms in total. The minimum atomic E-state index is -1.40. The largest absolute Gasteiger partial charge is 0.480 e. The smallest absolute Gasteiger partial charge is 0.328 e. The Balaban J connectivity index is 4.70. The Labute approximate surface area is 121 Å². The summed E-state index contributed by atoms with van der Waals surface area (Å²) in [6.45, 7) is 0.754. The summed E-state index contributed by atoms with van der Waals surface area (Å²) in [6.07, 6.45) is 2.18. The topological polar surface area (TPSA) is 142 Å². The van der Waals surface area contributed by atoms with Crippen LogP contribution in [0.3, 0.4) is 0 Å². The first kappa shape index (κ1) is 18.7. The van der Waals surface area contributed by atoms with Crippen LogP contribution in [0.5, 0.6) is 0 Å². The Kier molecular flexibility index (Phi) is 8.93. The van der Waals surface area contributed by atoms with E-state index in [1.54, 1.807) is 0 Å². The molecule has 9 heteroatoms. The number of carboxylic acids is 1. The van der Waals surface area contributed by atoms with Crippen LogP contribution < -0.4 is 16.4 Å². The molecule has 0 aromatic rings. The van der Waals surface area contributed by atoms with Crippen LogP contribution in [0.2, 0.25) is 0 Å². The third-order valence-corrected chi connectivity index (χ3v) is 3.10. The lowest BCUT2D eigenvalue weighted by atomic mass is 10.1. The van der Waals surface area contributed by atoms with Gasteiger partial charge in [-0.2, -0.15) is 11.8 Å². The number of aliphatic carboxylic acids is 1. The summed E-state index contributed by atoms with van der Waals surface area (Å²) in [5, 5.41) is 22.3. The number of thioether (sulfide) groups is 1. The Morgan fingerprint density at radius 3 is 2.15 bits per heavy atom. The number of hydrogen-bond acceptors (Lipinski definition) is 6. The molecule has 3 unspecified atom stereocenters. The second kappa shape index (κ2) is 9.56. The van der Waals surface area contributed by atoms with E-state index in [-0.39, 0.29) is 0 Å². The van der Waals surface area contributed by atoms with E-state index in [1.165, 1.54) is 18.7 Å². The van der Waals surface area contributed by atoms with Gasteiger partial charge in [0.1, 0.15) is 12.1 Å². The van der Waals surface area contributed by atoms with Gasteiger partial charge < -0.3 is 26.6 Å². The number of carbonyl (C=O) groups is 3. The number of nitrogens with two attached hydrogens (primary N) is 1. The van der Waals surface area contributed by atoms with Gasteiger partial charge in [0.15, 0.2) is 0 Å². The van der Waals surface area contributed by atoms with Gasteiger partial charge in [0, 0.05) is 0 Å². The number of rotatable bonds is 9. The molecule has 0 aliphatic carbocycles. The van der Waals surface area contributed by atoms with Crippen molar-refractivity contribution in [3.63, 3.8) is 0 Å². The molecule has 0 heterocycles. The molecule has 0 bridgehead atoms. The Morgan fingerprint density at radius 1 is 1.20 bits per heavy atom. The van der Waals surface area contributed by atoms with Crippen LogP contribution in [0.1, 0.15) is 13.3 Å². The third kappa shape index (κ3) is 6.73. The molecule has 0 radical (unpaired) electrons. The molecular weight excluding hydrogens is 286 g/mol. The highest BCUT2D eigenvalue weighted by molar-refractivity contribution is 7.98. The van der Waals surface area contributed by atoms with Crippen molar-refractivity contribution in [2.75, 3.05) is 18.6 Å². The summed E-state index contributed by atoms with van der Waals surface area (Å²) in [6, 6.07) is -3.05. The molecule has 2 amide bonds. The molecule has 6 N–H and O–H groups in total. The first-order valence-corrected chi connectivity index (χ1v) is 7.41. The van der Waals surface area contributed by atoms with Crippen molar-refractivity contribution >= 4 is 29.5 Å². The molecule has 0 saturated carbocycles. The lowest BCUT2D eigenvalue weighted by molar-refractivity contribution is -0.143. The maximum atomic E-state index is 11.9. The SMILES string of the molecule is CSCCC(NC(=O)C(C)N)C(=O)NC(CO)C(=O)O. The van der Waals surface area contributed by atoms with Crippen molar-refractivity contribution in [2.45, 2.75) is 31.5 Å². The molecule has 3 atom stereocenters. The number of carboxylic acid groups (broad SMARTS) is 1. The zero-order valence-corrected chi connectivity index (χ0v) is 12.3. The van der Waals surface area contributed by atoms with Crippen LogP contribution in [-0.2, 0) is 14.4 Å². The average molecular weight is 307 g/mol. The van der Waals surface area contributed by atoms with Crippen LogP contribution in [-0.4, -0.2) is 64.7 Å². The van der Waals surface area contributed by atoms with E-state index >= 15 is 0 Å². The monoisotopic (exact) mass is 307 g/mol. The molecular formula is C11H21N3O5S. The summed E-state index contributed by atoms with van der Waals surface area (Å²) in [5.74, 6) is -1.90. The van der Waals surface area contributed by atoms with Crippen LogP contribution in [0.4, 0.5) is 0 Å². The normalized spacial score (nSPS) is 15.0. The Bertz CT molecular complexity index is 351. The predicted molar refractivity (Wildman–Crippen MR) is 75.2 cm³/mol. The van der Waals surface area contributed by atoms with Crippen LogP contribution in [0, 0.1) is 0 Å². The van der Waals surface area contributed by atoms with Crippen LogP contribution in [0.15, 0.2) is 0 Å². The number of aliphatic hydroxyl groups excluding tert-OH is 1. The fraction of sp³-hybridized carbons (Fsp3) is 0.727. The van der Waals surface area contributed by atoms with Gasteiger partial charge in [-0.3, -0.25) is 9.59 Å². The van der Waals surface area contributed by atoms with Gasteiger partial charge in [0.05, 0.1) is 12.6 Å². The summed E-state index contributed by atoms with van der Waals surface area (Å²) < 4.78 is 0. The van der Waals surface area contributed by atoms with Crippen LogP contribution in [0.25, 0.3) is 0 Å². The van der Waals surface area contributed by atoms with Crippen LogP contribution >= 0.6 is 11.8 Å². The van der Waals surface area contributed by atoms with Crippen molar-refractivity contribution in [3.05, 3.63) is 0 Å². The molecule has 0 aliphatic heterocycles. The summed E-state index contributed by atoms with van der Waals surface area (Å²) in [7, 11) is 0. The van der Waals surface area contributed by atoms with Crippen molar-refractivity contribution in [3.8, 4) is 0 Å². The van der Waals surface area contributed by atoms with E-state index in [0.717, 1.165) is 0 Å². The van der Waals surface area contributed by atoms with Crippen molar-refractivity contribution in [2.24, 2.45) is 5.73 Å². The molecule has 116 valence electrons. The fourth-order valence-electron chi connectivity index (χ4n) is 1.27. The molecule has 0 aromatic carbocycles. The number of nitrogens with one attached hydrogen (secondary N) is 2. The summed E-state index contributed by atoms with van der Waals surface area (Å²) in [4.78, 5) is 34.2. The van der Waals surface area contributed by atoms with Gasteiger partial charge in [-0.25, -0.2) is 4.79 Å². The van der Waals surface area contributed by atoms with Gasteiger partial charge in [0.25, 0.3) is 0 Å². The van der Waals surface area contributed by atoms with E-state index < -0.39 is 42.5 Å². The zero-order valence-electron chi connectivity index (χ0n) is 11.5. The lowest BCUT2D eigenvalue weighted by Crippen LogP contribution is -2.54. The summed E-state index contributed by atoms with van der Waals surface area (Å²) >= 11 is 1.49. The highest BCUT2D eigenvalue weighted by Gasteiger charge is 2.26. The maximum absolute atomic E-state index is 11.9. The van der Waals surface area contributed by atoms with Crippen molar-refractivity contribution in [1.29, 1.82) is 0 Å². The zero-order chi connectivity index (χ0) is 15.7. The number of aliphatic hydroxyl groups is 1. The van der Waals surface area contributed by atoms with E-state index in [0.29, 0.717) is 12.2 Å². The van der Waals surface area contributed by atoms with E-state index in [9.17, 15) is 14.4 Å². The van der Waals surface area contributed by atoms with E-state index in [1.807, 2.05) is 6.26 Å². The minimum Gasteiger partial charge on any atom is -0.480 e. The van der Waals surface area contributed by atoms with Gasteiger partial charge in [0.2, 0.25) is 11.8 Å². The second-order valence-corrected chi connectivity index (χ2v) is 5.20. The average Bonchev–Trinajstić information content (AvgIpc) is 2.39. The summed E-state index contributed by atoms with van der Waals surface area (Å²) in [5.41, 5.74) is 5.41. The maximum Gasteiger partial charge on any atom is 0.328 e. The first-order valence-electron chi connectivity index (χ1n) is 6.02. The van der Waals surface area contributed by atoms with Crippen molar-refractivity contribution < 1.29 is 24.6 Å². The fourth-order valence-corrected chi connectivity index (χ4v) is 1.74. The third-order valence-electron chi connectivity index (χ3n) is 2.45. The number of hydrogen-bond donors (Lipinski definition) is 5. The lowest BCUT2D eigenvalue weighted by Gasteiger charge is -2.21. The Hall–Kier alpha value is -1.32. The minimum absolute atomic E-state index is 0.337.